The minimum absolute atomic E-state index is 0.0304. The summed E-state index contributed by atoms with van der Waals surface area (Å²) in [7, 11) is 1.64. The molecule has 1 fully saturated rings. The Kier molecular flexibility index (Phi) is 6.82. The first-order valence-corrected chi connectivity index (χ1v) is 13.6. The molecule has 7 heteroatoms. The number of para-hydroxylation sites is 2. The Balaban J connectivity index is 1.31. The second-order valence-corrected chi connectivity index (χ2v) is 10.4. The number of aliphatic imine (C=N–C) groups is 1. The van der Waals surface area contributed by atoms with Gasteiger partial charge in [0.15, 0.2) is 5.17 Å². The summed E-state index contributed by atoms with van der Waals surface area (Å²) in [6, 6.07) is 28.1. The lowest BCUT2D eigenvalue weighted by Crippen LogP contribution is -2.31. The number of carbonyl (C=O) groups excluding carboxylic acids is 1. The van der Waals surface area contributed by atoms with Crippen LogP contribution >= 0.6 is 11.8 Å². The zero-order chi connectivity index (χ0) is 26.8. The molecular formula is C32H28N4O2S. The Hall–Kier alpha value is -4.49. The van der Waals surface area contributed by atoms with Gasteiger partial charge in [-0.15, -0.1) is 0 Å². The molecule has 1 saturated heterocycles. The summed E-state index contributed by atoms with van der Waals surface area (Å²) in [6.07, 6.45) is 6.79. The van der Waals surface area contributed by atoms with Gasteiger partial charge in [-0.1, -0.05) is 36.4 Å². The quantitative estimate of drug-likeness (QED) is 0.227. The molecule has 0 aliphatic carbocycles. The van der Waals surface area contributed by atoms with E-state index in [0.717, 1.165) is 33.9 Å². The molecule has 1 amide bonds. The molecule has 0 saturated carbocycles. The number of thioether (sulfide) groups is 1. The fraction of sp³-hybridized carbons (Fsp3) is 0.125. The Morgan fingerprint density at radius 1 is 1.00 bits per heavy atom. The van der Waals surface area contributed by atoms with Crippen molar-refractivity contribution in [3.05, 3.63) is 119 Å². The second-order valence-electron chi connectivity index (χ2n) is 9.39. The molecule has 0 spiro atoms. The van der Waals surface area contributed by atoms with E-state index in [0.29, 0.717) is 23.0 Å². The number of nitrogens with one attached hydrogen (secondary N) is 1. The average Bonchev–Trinajstić information content (AvgIpc) is 3.64. The van der Waals surface area contributed by atoms with E-state index in [4.69, 9.17) is 9.73 Å². The molecule has 1 aliphatic rings. The highest BCUT2D eigenvalue weighted by Crippen LogP contribution is 2.35. The number of rotatable bonds is 7. The number of fused-ring (bicyclic) bond motifs is 1. The molecule has 1 aliphatic heterocycles. The Bertz CT molecular complexity index is 1700. The van der Waals surface area contributed by atoms with Gasteiger partial charge in [0.05, 0.1) is 17.7 Å². The van der Waals surface area contributed by atoms with Gasteiger partial charge in [0.1, 0.15) is 5.75 Å². The largest absolute Gasteiger partial charge is 0.497 e. The van der Waals surface area contributed by atoms with Gasteiger partial charge in [-0.3, -0.25) is 9.69 Å². The number of ether oxygens (including phenoxy) is 1. The Labute approximate surface area is 231 Å². The van der Waals surface area contributed by atoms with Gasteiger partial charge in [0.25, 0.3) is 5.91 Å². The molecule has 39 heavy (non-hydrogen) atoms. The van der Waals surface area contributed by atoms with Crippen LogP contribution in [-0.2, 0) is 11.2 Å². The maximum Gasteiger partial charge on any atom is 0.266 e. The maximum atomic E-state index is 13.7. The summed E-state index contributed by atoms with van der Waals surface area (Å²) in [4.78, 5) is 24.4. The predicted octanol–water partition coefficient (Wildman–Crippen LogP) is 7.12. The van der Waals surface area contributed by atoms with Crippen LogP contribution in [0, 0.1) is 6.92 Å². The maximum absolute atomic E-state index is 13.7. The minimum Gasteiger partial charge on any atom is -0.497 e. The van der Waals surface area contributed by atoms with Crippen LogP contribution in [0.15, 0.2) is 107 Å². The van der Waals surface area contributed by atoms with E-state index in [2.05, 4.69) is 53.0 Å². The number of carbonyl (C=O) groups is 1. The van der Waals surface area contributed by atoms with E-state index in [1.807, 2.05) is 66.9 Å². The highest BCUT2D eigenvalue weighted by Gasteiger charge is 2.33. The zero-order valence-electron chi connectivity index (χ0n) is 21.8. The molecule has 0 bridgehead atoms. The molecule has 0 unspecified atom stereocenters. The molecular weight excluding hydrogens is 504 g/mol. The lowest BCUT2D eigenvalue weighted by atomic mass is 10.1. The van der Waals surface area contributed by atoms with Gasteiger partial charge < -0.3 is 14.3 Å². The molecule has 6 nitrogen and oxygen atoms in total. The van der Waals surface area contributed by atoms with E-state index in [1.165, 1.54) is 22.7 Å². The van der Waals surface area contributed by atoms with Crippen LogP contribution in [0.25, 0.3) is 22.7 Å². The number of aryl methyl sites for hydroxylation is 1. The number of methoxy groups -OCH3 is 1. The van der Waals surface area contributed by atoms with Crippen LogP contribution in [0.1, 0.15) is 16.8 Å². The lowest BCUT2D eigenvalue weighted by Gasteiger charge is -2.15. The standard InChI is InChI=1S/C32H28N4O2S/c1-22-18-23(21-36(22)26-8-4-3-5-9-26)19-30-31(37)35(17-16-24-20-33-29-11-7-6-10-28(24)29)32(39-30)34-25-12-14-27(38-2)15-13-25/h3-15,18-21,33H,16-17H2,1-2H3/b30-19+,34-32?. The highest BCUT2D eigenvalue weighted by atomic mass is 32.2. The summed E-state index contributed by atoms with van der Waals surface area (Å²) in [5.74, 6) is 0.737. The molecule has 0 radical (unpaired) electrons. The van der Waals surface area contributed by atoms with Crippen LogP contribution in [-0.4, -0.2) is 39.2 Å². The molecule has 3 aromatic carbocycles. The van der Waals surface area contributed by atoms with E-state index < -0.39 is 0 Å². The van der Waals surface area contributed by atoms with Crippen molar-refractivity contribution in [1.82, 2.24) is 14.5 Å². The topological polar surface area (TPSA) is 62.6 Å². The fourth-order valence-corrected chi connectivity index (χ4v) is 5.85. The summed E-state index contributed by atoms with van der Waals surface area (Å²) in [6.45, 7) is 2.60. The van der Waals surface area contributed by atoms with E-state index in [9.17, 15) is 4.79 Å². The van der Waals surface area contributed by atoms with Crippen molar-refractivity contribution in [2.45, 2.75) is 13.3 Å². The highest BCUT2D eigenvalue weighted by molar-refractivity contribution is 8.18. The first-order chi connectivity index (χ1) is 19.1. The van der Waals surface area contributed by atoms with Crippen molar-refractivity contribution in [3.8, 4) is 11.4 Å². The Morgan fingerprint density at radius 2 is 1.77 bits per heavy atom. The average molecular weight is 533 g/mol. The summed E-state index contributed by atoms with van der Waals surface area (Å²) >= 11 is 1.42. The van der Waals surface area contributed by atoms with Crippen molar-refractivity contribution in [1.29, 1.82) is 0 Å². The predicted molar refractivity (Wildman–Crippen MR) is 160 cm³/mol. The first-order valence-electron chi connectivity index (χ1n) is 12.8. The molecule has 6 rings (SSSR count). The third-order valence-corrected chi connectivity index (χ3v) is 7.84. The number of H-pyrrole nitrogens is 1. The van der Waals surface area contributed by atoms with Gasteiger partial charge in [-0.2, -0.15) is 0 Å². The first kappa shape index (κ1) is 24.8. The minimum atomic E-state index is -0.0304. The lowest BCUT2D eigenvalue weighted by molar-refractivity contribution is -0.122. The molecule has 3 heterocycles. The van der Waals surface area contributed by atoms with Crippen LogP contribution < -0.4 is 4.74 Å². The van der Waals surface area contributed by atoms with Gasteiger partial charge in [0, 0.05) is 41.2 Å². The van der Waals surface area contributed by atoms with Gasteiger partial charge in [-0.25, -0.2) is 4.99 Å². The zero-order valence-corrected chi connectivity index (χ0v) is 22.6. The molecule has 5 aromatic rings. The summed E-state index contributed by atoms with van der Waals surface area (Å²) in [5.41, 5.74) is 6.23. The van der Waals surface area contributed by atoms with E-state index >= 15 is 0 Å². The normalized spacial score (nSPS) is 15.6. The number of benzene rings is 3. The third kappa shape index (κ3) is 5.13. The van der Waals surface area contributed by atoms with Gasteiger partial charge >= 0.3 is 0 Å². The van der Waals surface area contributed by atoms with Crippen LogP contribution in [0.2, 0.25) is 0 Å². The van der Waals surface area contributed by atoms with Crippen molar-refractivity contribution in [2.24, 2.45) is 4.99 Å². The number of amidine groups is 1. The SMILES string of the molecule is COc1ccc(N=C2S/C(=C/c3cc(C)n(-c4ccccc4)c3)C(=O)N2CCc2c[nH]c3ccccc23)cc1. The number of nitrogens with zero attached hydrogens (tertiary/aromatic N) is 3. The third-order valence-electron chi connectivity index (χ3n) is 6.83. The summed E-state index contributed by atoms with van der Waals surface area (Å²) < 4.78 is 7.42. The number of aromatic amines is 1. The van der Waals surface area contributed by atoms with E-state index in [1.54, 1.807) is 12.0 Å². The number of amides is 1. The Morgan fingerprint density at radius 3 is 2.56 bits per heavy atom. The van der Waals surface area contributed by atoms with Crippen LogP contribution in [0.5, 0.6) is 5.75 Å². The smallest absolute Gasteiger partial charge is 0.266 e. The molecule has 194 valence electrons. The molecule has 2 aromatic heterocycles. The summed E-state index contributed by atoms with van der Waals surface area (Å²) in [5, 5.41) is 1.86. The number of aromatic nitrogens is 2. The van der Waals surface area contributed by atoms with Gasteiger partial charge in [-0.05, 0) is 90.8 Å². The van der Waals surface area contributed by atoms with Crippen molar-refractivity contribution >= 4 is 45.5 Å². The van der Waals surface area contributed by atoms with Crippen molar-refractivity contribution in [3.63, 3.8) is 0 Å². The molecule has 0 atom stereocenters. The van der Waals surface area contributed by atoms with Crippen LogP contribution in [0.3, 0.4) is 0 Å². The van der Waals surface area contributed by atoms with Crippen molar-refractivity contribution in [2.75, 3.05) is 13.7 Å². The van der Waals surface area contributed by atoms with E-state index in [-0.39, 0.29) is 5.91 Å². The van der Waals surface area contributed by atoms with Crippen LogP contribution in [0.4, 0.5) is 5.69 Å². The number of hydrogen-bond donors (Lipinski definition) is 1. The molecule has 1 N–H and O–H groups in total. The number of hydrogen-bond acceptors (Lipinski definition) is 4. The van der Waals surface area contributed by atoms with Crippen molar-refractivity contribution < 1.29 is 9.53 Å². The second kappa shape index (κ2) is 10.7. The fourth-order valence-electron chi connectivity index (χ4n) is 4.82. The van der Waals surface area contributed by atoms with Gasteiger partial charge in [0.2, 0.25) is 0 Å². The monoisotopic (exact) mass is 532 g/mol.